The van der Waals surface area contributed by atoms with E-state index in [1.807, 2.05) is 0 Å². The topological polar surface area (TPSA) is 35.5 Å². The molecule has 2 aliphatic rings. The lowest BCUT2D eigenvalue weighted by Crippen LogP contribution is -2.36. The van der Waals surface area contributed by atoms with Gasteiger partial charge in [0.15, 0.2) is 0 Å². The molecule has 2 fully saturated rings. The van der Waals surface area contributed by atoms with Crippen molar-refractivity contribution in [1.82, 2.24) is 0 Å². The van der Waals surface area contributed by atoms with Crippen LogP contribution < -0.4 is 10.2 Å². The van der Waals surface area contributed by atoms with Gasteiger partial charge in [0.05, 0.1) is 12.1 Å². The van der Waals surface area contributed by atoms with Gasteiger partial charge in [0.1, 0.15) is 0 Å². The van der Waals surface area contributed by atoms with Crippen LogP contribution in [0.1, 0.15) is 38.5 Å². The van der Waals surface area contributed by atoms with Crippen molar-refractivity contribution >= 4 is 11.4 Å². The van der Waals surface area contributed by atoms with Gasteiger partial charge in [0, 0.05) is 24.5 Å². The fourth-order valence-corrected chi connectivity index (χ4v) is 3.24. The van der Waals surface area contributed by atoms with Gasteiger partial charge in [-0.05, 0) is 49.9 Å². The first-order chi connectivity index (χ1) is 9.33. The van der Waals surface area contributed by atoms with Crippen LogP contribution in [0, 0.1) is 0 Å². The number of aliphatic hydroxyl groups is 1. The molecule has 2 unspecified atom stereocenters. The maximum atomic E-state index is 9.99. The number of nitrogens with zero attached hydrogens (tertiary/aromatic N) is 1. The van der Waals surface area contributed by atoms with Crippen molar-refractivity contribution in [2.45, 2.75) is 50.7 Å². The SMILES string of the molecule is OC1CCCCC1Nc1ccc(N2CCCC2)cc1. The highest BCUT2D eigenvalue weighted by Crippen LogP contribution is 2.25. The zero-order chi connectivity index (χ0) is 13.1. The summed E-state index contributed by atoms with van der Waals surface area (Å²) in [5, 5.41) is 13.5. The molecule has 1 saturated carbocycles. The van der Waals surface area contributed by atoms with Crippen LogP contribution in [0.3, 0.4) is 0 Å². The highest BCUT2D eigenvalue weighted by Gasteiger charge is 2.22. The summed E-state index contributed by atoms with van der Waals surface area (Å²) in [6.07, 6.45) is 6.83. The minimum atomic E-state index is -0.188. The normalized spacial score (nSPS) is 27.5. The van der Waals surface area contributed by atoms with Gasteiger partial charge in [-0.15, -0.1) is 0 Å². The second kappa shape index (κ2) is 5.83. The van der Waals surface area contributed by atoms with Crippen LogP contribution in [0.2, 0.25) is 0 Å². The summed E-state index contributed by atoms with van der Waals surface area (Å²) in [4.78, 5) is 2.44. The maximum absolute atomic E-state index is 9.99. The standard InChI is InChI=1S/C16H24N2O/c19-16-6-2-1-5-15(16)17-13-7-9-14(10-8-13)18-11-3-4-12-18/h7-10,15-17,19H,1-6,11-12H2. The van der Waals surface area contributed by atoms with Crippen LogP contribution in [0.5, 0.6) is 0 Å². The second-order valence-corrected chi connectivity index (χ2v) is 5.84. The average Bonchev–Trinajstić information content (AvgIpc) is 2.96. The Morgan fingerprint density at radius 2 is 1.63 bits per heavy atom. The van der Waals surface area contributed by atoms with Gasteiger partial charge < -0.3 is 15.3 Å². The number of benzene rings is 1. The van der Waals surface area contributed by atoms with Gasteiger partial charge in [-0.25, -0.2) is 0 Å². The summed E-state index contributed by atoms with van der Waals surface area (Å²) in [5.74, 6) is 0. The zero-order valence-corrected chi connectivity index (χ0v) is 11.5. The molecule has 19 heavy (non-hydrogen) atoms. The highest BCUT2D eigenvalue weighted by molar-refractivity contribution is 5.55. The van der Waals surface area contributed by atoms with E-state index in [-0.39, 0.29) is 12.1 Å². The van der Waals surface area contributed by atoms with Gasteiger partial charge in [0.25, 0.3) is 0 Å². The summed E-state index contributed by atoms with van der Waals surface area (Å²) in [6.45, 7) is 2.38. The Hall–Kier alpha value is -1.22. The number of aliphatic hydroxyl groups excluding tert-OH is 1. The van der Waals surface area contributed by atoms with Gasteiger partial charge in [0.2, 0.25) is 0 Å². The van der Waals surface area contributed by atoms with Crippen molar-refractivity contribution in [3.05, 3.63) is 24.3 Å². The van der Waals surface area contributed by atoms with Gasteiger partial charge in [-0.2, -0.15) is 0 Å². The van der Waals surface area contributed by atoms with Crippen molar-refractivity contribution in [2.75, 3.05) is 23.3 Å². The summed E-state index contributed by atoms with van der Waals surface area (Å²) in [5.41, 5.74) is 2.46. The molecule has 0 amide bonds. The molecule has 0 bridgehead atoms. The van der Waals surface area contributed by atoms with E-state index in [0.29, 0.717) is 0 Å². The summed E-state index contributed by atoms with van der Waals surface area (Å²) in [6, 6.07) is 8.92. The smallest absolute Gasteiger partial charge is 0.0741 e. The molecular weight excluding hydrogens is 236 g/mol. The lowest BCUT2D eigenvalue weighted by atomic mass is 9.92. The fourth-order valence-electron chi connectivity index (χ4n) is 3.24. The fraction of sp³-hybridized carbons (Fsp3) is 0.625. The molecule has 0 aromatic heterocycles. The molecule has 1 aromatic rings. The first-order valence-corrected chi connectivity index (χ1v) is 7.62. The molecule has 0 radical (unpaired) electrons. The Balaban J connectivity index is 1.62. The first-order valence-electron chi connectivity index (χ1n) is 7.62. The van der Waals surface area contributed by atoms with E-state index in [0.717, 1.165) is 24.9 Å². The highest BCUT2D eigenvalue weighted by atomic mass is 16.3. The van der Waals surface area contributed by atoms with E-state index >= 15 is 0 Å². The third-order valence-electron chi connectivity index (χ3n) is 4.42. The molecule has 104 valence electrons. The van der Waals surface area contributed by atoms with E-state index in [1.54, 1.807) is 0 Å². The van der Waals surface area contributed by atoms with E-state index < -0.39 is 0 Å². The summed E-state index contributed by atoms with van der Waals surface area (Å²) >= 11 is 0. The quantitative estimate of drug-likeness (QED) is 0.877. The van der Waals surface area contributed by atoms with Crippen LogP contribution in [0.4, 0.5) is 11.4 Å². The third kappa shape index (κ3) is 3.03. The molecule has 2 N–H and O–H groups in total. The average molecular weight is 260 g/mol. The zero-order valence-electron chi connectivity index (χ0n) is 11.5. The van der Waals surface area contributed by atoms with E-state index in [9.17, 15) is 5.11 Å². The number of rotatable bonds is 3. The van der Waals surface area contributed by atoms with Crippen LogP contribution in [-0.2, 0) is 0 Å². The minimum absolute atomic E-state index is 0.188. The Labute approximate surface area is 115 Å². The van der Waals surface area contributed by atoms with Crippen molar-refractivity contribution in [3.63, 3.8) is 0 Å². The number of nitrogens with one attached hydrogen (secondary N) is 1. The Morgan fingerprint density at radius 3 is 2.32 bits per heavy atom. The Bertz CT molecular complexity index is 398. The van der Waals surface area contributed by atoms with E-state index in [1.165, 1.54) is 38.0 Å². The van der Waals surface area contributed by atoms with Crippen LogP contribution in [-0.4, -0.2) is 30.3 Å². The van der Waals surface area contributed by atoms with E-state index in [4.69, 9.17) is 0 Å². The molecule has 3 heteroatoms. The predicted molar refractivity (Wildman–Crippen MR) is 79.8 cm³/mol. The van der Waals surface area contributed by atoms with Crippen LogP contribution in [0.25, 0.3) is 0 Å². The summed E-state index contributed by atoms with van der Waals surface area (Å²) in [7, 11) is 0. The Morgan fingerprint density at radius 1 is 0.947 bits per heavy atom. The molecule has 1 heterocycles. The van der Waals surface area contributed by atoms with Crippen LogP contribution >= 0.6 is 0 Å². The Kier molecular flexibility index (Phi) is 3.92. The van der Waals surface area contributed by atoms with Crippen molar-refractivity contribution in [1.29, 1.82) is 0 Å². The predicted octanol–water partition coefficient (Wildman–Crippen LogP) is 3.00. The maximum Gasteiger partial charge on any atom is 0.0741 e. The van der Waals surface area contributed by atoms with Gasteiger partial charge in [-0.3, -0.25) is 0 Å². The summed E-state index contributed by atoms with van der Waals surface area (Å²) < 4.78 is 0. The number of anilines is 2. The van der Waals surface area contributed by atoms with E-state index in [2.05, 4.69) is 34.5 Å². The number of hydrogen-bond acceptors (Lipinski definition) is 3. The molecular formula is C16H24N2O. The molecule has 1 aromatic carbocycles. The van der Waals surface area contributed by atoms with Gasteiger partial charge in [-0.1, -0.05) is 12.8 Å². The molecule has 3 nitrogen and oxygen atoms in total. The van der Waals surface area contributed by atoms with Crippen LogP contribution in [0.15, 0.2) is 24.3 Å². The molecule has 1 saturated heterocycles. The molecule has 1 aliphatic heterocycles. The third-order valence-corrected chi connectivity index (χ3v) is 4.42. The van der Waals surface area contributed by atoms with Gasteiger partial charge >= 0.3 is 0 Å². The largest absolute Gasteiger partial charge is 0.391 e. The van der Waals surface area contributed by atoms with Crippen molar-refractivity contribution < 1.29 is 5.11 Å². The lowest BCUT2D eigenvalue weighted by Gasteiger charge is -2.29. The molecule has 3 rings (SSSR count). The monoisotopic (exact) mass is 260 g/mol. The minimum Gasteiger partial charge on any atom is -0.391 e. The number of hydrogen-bond donors (Lipinski definition) is 2. The second-order valence-electron chi connectivity index (χ2n) is 5.84. The molecule has 2 atom stereocenters. The first kappa shape index (κ1) is 12.8. The van der Waals surface area contributed by atoms with Crippen molar-refractivity contribution in [2.24, 2.45) is 0 Å². The molecule has 1 aliphatic carbocycles. The lowest BCUT2D eigenvalue weighted by molar-refractivity contribution is 0.116. The van der Waals surface area contributed by atoms with Crippen molar-refractivity contribution in [3.8, 4) is 0 Å². The molecule has 0 spiro atoms.